The summed E-state index contributed by atoms with van der Waals surface area (Å²) in [6.07, 6.45) is 5.25. The predicted molar refractivity (Wildman–Crippen MR) is 63.2 cm³/mol. The van der Waals surface area contributed by atoms with E-state index in [1.807, 2.05) is 0 Å². The van der Waals surface area contributed by atoms with Crippen LogP contribution in [0.4, 0.5) is 0 Å². The average Bonchev–Trinajstić information content (AvgIpc) is 2.73. The highest BCUT2D eigenvalue weighted by Gasteiger charge is 2.38. The minimum absolute atomic E-state index is 0.116. The highest BCUT2D eigenvalue weighted by atomic mass is 16.5. The molecule has 3 N–H and O–H groups in total. The van der Waals surface area contributed by atoms with Crippen molar-refractivity contribution in [3.8, 4) is 0 Å². The zero-order chi connectivity index (χ0) is 11.6. The number of nitrogens with two attached hydrogens (primary N) is 1. The fraction of sp³-hybridized carbons (Fsp3) is 1.00. The molecule has 4 nitrogen and oxygen atoms in total. The highest BCUT2D eigenvalue weighted by molar-refractivity contribution is 4.97. The number of ether oxygens (including phenoxy) is 1. The van der Waals surface area contributed by atoms with E-state index in [0.717, 1.165) is 45.3 Å². The topological polar surface area (TPSA) is 58.7 Å². The number of hydrogen-bond acceptors (Lipinski definition) is 4. The summed E-state index contributed by atoms with van der Waals surface area (Å²) in [4.78, 5) is 2.47. The van der Waals surface area contributed by atoms with Crippen molar-refractivity contribution in [1.82, 2.24) is 4.90 Å². The molecule has 2 rings (SSSR count). The Morgan fingerprint density at radius 1 is 1.31 bits per heavy atom. The molecular weight excluding hydrogens is 204 g/mol. The van der Waals surface area contributed by atoms with Crippen LogP contribution >= 0.6 is 0 Å². The molecule has 94 valence electrons. The van der Waals surface area contributed by atoms with E-state index in [4.69, 9.17) is 10.5 Å². The van der Waals surface area contributed by atoms with Gasteiger partial charge >= 0.3 is 0 Å². The van der Waals surface area contributed by atoms with E-state index in [1.54, 1.807) is 0 Å². The fourth-order valence-electron chi connectivity index (χ4n) is 3.01. The predicted octanol–water partition coefficient (Wildman–Crippen LogP) is 0.340. The SMILES string of the molecule is CN(C1CCOCC1)C1CCC(N)(CO)C1. The molecule has 2 aliphatic rings. The Morgan fingerprint density at radius 3 is 2.56 bits per heavy atom. The standard InChI is InChI=1S/C12H24N2O2/c1-14(10-3-6-16-7-4-10)11-2-5-12(13,8-11)9-15/h10-11,15H,2-9,13H2,1H3. The van der Waals surface area contributed by atoms with Crippen LogP contribution in [0.25, 0.3) is 0 Å². The second-order valence-corrected chi connectivity index (χ2v) is 5.43. The number of nitrogens with zero attached hydrogens (tertiary/aromatic N) is 1. The Kier molecular flexibility index (Phi) is 3.85. The van der Waals surface area contributed by atoms with Crippen molar-refractivity contribution < 1.29 is 9.84 Å². The number of rotatable bonds is 3. The third-order valence-corrected chi connectivity index (χ3v) is 4.28. The molecule has 1 saturated heterocycles. The Bertz CT molecular complexity index is 231. The van der Waals surface area contributed by atoms with E-state index in [2.05, 4.69) is 11.9 Å². The van der Waals surface area contributed by atoms with Crippen LogP contribution in [0.5, 0.6) is 0 Å². The molecule has 1 heterocycles. The lowest BCUT2D eigenvalue weighted by Gasteiger charge is -2.36. The second-order valence-electron chi connectivity index (χ2n) is 5.43. The molecule has 0 amide bonds. The molecule has 4 heteroatoms. The van der Waals surface area contributed by atoms with Crippen LogP contribution in [0.15, 0.2) is 0 Å². The summed E-state index contributed by atoms with van der Waals surface area (Å²) in [7, 11) is 2.20. The molecule has 16 heavy (non-hydrogen) atoms. The van der Waals surface area contributed by atoms with Gasteiger partial charge in [0.25, 0.3) is 0 Å². The Hall–Kier alpha value is -0.160. The van der Waals surface area contributed by atoms with Gasteiger partial charge in [0, 0.05) is 30.8 Å². The van der Waals surface area contributed by atoms with E-state index in [0.29, 0.717) is 12.1 Å². The van der Waals surface area contributed by atoms with Gasteiger partial charge in [-0.25, -0.2) is 0 Å². The molecule has 0 radical (unpaired) electrons. The van der Waals surface area contributed by atoms with Crippen molar-refractivity contribution in [3.63, 3.8) is 0 Å². The minimum atomic E-state index is -0.329. The summed E-state index contributed by atoms with van der Waals surface area (Å²) < 4.78 is 5.38. The van der Waals surface area contributed by atoms with Crippen molar-refractivity contribution in [2.45, 2.75) is 49.7 Å². The van der Waals surface area contributed by atoms with Crippen molar-refractivity contribution in [2.75, 3.05) is 26.9 Å². The van der Waals surface area contributed by atoms with Gasteiger partial charge < -0.3 is 20.5 Å². The first-order valence-electron chi connectivity index (χ1n) is 6.34. The van der Waals surface area contributed by atoms with Crippen molar-refractivity contribution in [2.24, 2.45) is 5.73 Å². The Labute approximate surface area is 97.7 Å². The lowest BCUT2D eigenvalue weighted by molar-refractivity contribution is 0.0279. The van der Waals surface area contributed by atoms with E-state index < -0.39 is 0 Å². The van der Waals surface area contributed by atoms with E-state index in [9.17, 15) is 5.11 Å². The maximum atomic E-state index is 9.27. The first-order valence-corrected chi connectivity index (χ1v) is 6.34. The summed E-state index contributed by atoms with van der Waals surface area (Å²) in [5.41, 5.74) is 5.79. The number of aliphatic hydroxyl groups is 1. The van der Waals surface area contributed by atoms with Gasteiger partial charge in [-0.2, -0.15) is 0 Å². The van der Waals surface area contributed by atoms with Crippen LogP contribution in [0.1, 0.15) is 32.1 Å². The molecule has 0 aromatic carbocycles. The molecular formula is C12H24N2O2. The summed E-state index contributed by atoms with van der Waals surface area (Å²) in [6.45, 7) is 1.89. The molecule has 1 saturated carbocycles. The highest BCUT2D eigenvalue weighted by Crippen LogP contribution is 2.32. The second kappa shape index (κ2) is 5.00. The summed E-state index contributed by atoms with van der Waals surface area (Å²) >= 11 is 0. The van der Waals surface area contributed by atoms with Gasteiger partial charge in [-0.15, -0.1) is 0 Å². The largest absolute Gasteiger partial charge is 0.394 e. The Balaban J connectivity index is 1.88. The number of hydrogen-bond donors (Lipinski definition) is 2. The van der Waals surface area contributed by atoms with Crippen molar-refractivity contribution in [1.29, 1.82) is 0 Å². The molecule has 2 unspecified atom stereocenters. The summed E-state index contributed by atoms with van der Waals surface area (Å²) in [5.74, 6) is 0. The van der Waals surface area contributed by atoms with Crippen LogP contribution in [0.2, 0.25) is 0 Å². The van der Waals surface area contributed by atoms with Crippen LogP contribution < -0.4 is 5.73 Å². The maximum absolute atomic E-state index is 9.27. The quantitative estimate of drug-likeness (QED) is 0.731. The van der Waals surface area contributed by atoms with Crippen LogP contribution in [0.3, 0.4) is 0 Å². The first kappa shape index (κ1) is 12.3. The molecule has 0 aromatic rings. The number of aliphatic hydroxyl groups excluding tert-OH is 1. The van der Waals surface area contributed by atoms with Crippen LogP contribution in [0, 0.1) is 0 Å². The van der Waals surface area contributed by atoms with Gasteiger partial charge in [0.05, 0.1) is 6.61 Å². The Morgan fingerprint density at radius 2 is 2.00 bits per heavy atom. The molecule has 2 fully saturated rings. The van der Waals surface area contributed by atoms with Gasteiger partial charge in [-0.1, -0.05) is 0 Å². The van der Waals surface area contributed by atoms with Crippen LogP contribution in [-0.4, -0.2) is 54.5 Å². The molecule has 0 aromatic heterocycles. The van der Waals surface area contributed by atoms with Crippen molar-refractivity contribution in [3.05, 3.63) is 0 Å². The summed E-state index contributed by atoms with van der Waals surface area (Å²) in [6, 6.07) is 1.18. The smallest absolute Gasteiger partial charge is 0.0611 e. The third-order valence-electron chi connectivity index (χ3n) is 4.28. The summed E-state index contributed by atoms with van der Waals surface area (Å²) in [5, 5.41) is 9.27. The van der Waals surface area contributed by atoms with Gasteiger partial charge in [0.1, 0.15) is 0 Å². The van der Waals surface area contributed by atoms with Gasteiger partial charge in [-0.05, 0) is 39.2 Å². The van der Waals surface area contributed by atoms with Crippen molar-refractivity contribution >= 4 is 0 Å². The maximum Gasteiger partial charge on any atom is 0.0611 e. The lowest BCUT2D eigenvalue weighted by atomic mass is 9.99. The molecule has 0 spiro atoms. The first-order chi connectivity index (χ1) is 7.64. The van der Waals surface area contributed by atoms with E-state index in [1.165, 1.54) is 0 Å². The third kappa shape index (κ3) is 2.56. The molecule has 1 aliphatic carbocycles. The van der Waals surface area contributed by atoms with Gasteiger partial charge in [0.2, 0.25) is 0 Å². The minimum Gasteiger partial charge on any atom is -0.394 e. The van der Waals surface area contributed by atoms with E-state index >= 15 is 0 Å². The zero-order valence-electron chi connectivity index (χ0n) is 10.2. The lowest BCUT2D eigenvalue weighted by Crippen LogP contribution is -2.46. The molecule has 1 aliphatic heterocycles. The van der Waals surface area contributed by atoms with Crippen LogP contribution in [-0.2, 0) is 4.74 Å². The fourth-order valence-corrected chi connectivity index (χ4v) is 3.01. The molecule has 0 bridgehead atoms. The van der Waals surface area contributed by atoms with Gasteiger partial charge in [-0.3, -0.25) is 0 Å². The average molecular weight is 228 g/mol. The normalized spacial score (nSPS) is 37.1. The monoisotopic (exact) mass is 228 g/mol. The molecule has 2 atom stereocenters. The van der Waals surface area contributed by atoms with Gasteiger partial charge in [0.15, 0.2) is 0 Å². The van der Waals surface area contributed by atoms with E-state index in [-0.39, 0.29) is 12.1 Å². The zero-order valence-corrected chi connectivity index (χ0v) is 10.2.